The first-order valence-electron chi connectivity index (χ1n) is 7.90. The van der Waals surface area contributed by atoms with E-state index in [4.69, 9.17) is 5.84 Å². The third-order valence-electron chi connectivity index (χ3n) is 3.93. The molecule has 1 aromatic rings. The van der Waals surface area contributed by atoms with E-state index in [2.05, 4.69) is 46.3 Å². The monoisotopic (exact) mass is 309 g/mol. The molecule has 4 N–H and O–H groups in total. The van der Waals surface area contributed by atoms with Gasteiger partial charge in [0.15, 0.2) is 0 Å². The van der Waals surface area contributed by atoms with Crippen molar-refractivity contribution in [1.29, 1.82) is 0 Å². The summed E-state index contributed by atoms with van der Waals surface area (Å²) in [6.07, 6.45) is 5.64. The molecular weight excluding hydrogens is 282 g/mol. The lowest BCUT2D eigenvalue weighted by molar-refractivity contribution is 0.743. The Morgan fingerprint density at radius 3 is 2.67 bits per heavy atom. The number of aryl methyl sites for hydroxylation is 1. The predicted octanol–water partition coefficient (Wildman–Crippen LogP) is 3.11. The summed E-state index contributed by atoms with van der Waals surface area (Å²) in [6, 6.07) is 0.516. The Kier molecular flexibility index (Phi) is 6.11. The molecule has 1 aliphatic carbocycles. The summed E-state index contributed by atoms with van der Waals surface area (Å²) in [5.41, 5.74) is 3.70. The van der Waals surface area contributed by atoms with E-state index in [1.807, 2.05) is 6.92 Å². The highest BCUT2D eigenvalue weighted by atomic mass is 32.2. The van der Waals surface area contributed by atoms with Gasteiger partial charge in [-0.3, -0.25) is 0 Å². The molecule has 1 fully saturated rings. The Hall–Kier alpha value is -1.01. The van der Waals surface area contributed by atoms with Crippen molar-refractivity contribution < 1.29 is 0 Å². The molecule has 0 radical (unpaired) electrons. The second kappa shape index (κ2) is 7.84. The molecule has 2 atom stereocenters. The van der Waals surface area contributed by atoms with Crippen LogP contribution in [0, 0.1) is 6.92 Å². The number of rotatable bonds is 7. The molecule has 1 aliphatic rings. The number of nitrogens with two attached hydrogens (primary N) is 1. The normalized spacial score (nSPS) is 21.5. The standard InChI is InChI=1S/C15H27N5S/c1-4-6-13-18-14(10(3)15(19-13)20-16)17-11-7-8-12(9-11)21-5-2/h11-12H,4-9,16H2,1-3H3,(H2,17,18,19,20). The maximum absolute atomic E-state index is 5.58. The summed E-state index contributed by atoms with van der Waals surface area (Å²) in [6.45, 7) is 6.38. The van der Waals surface area contributed by atoms with Gasteiger partial charge in [-0.2, -0.15) is 11.8 Å². The van der Waals surface area contributed by atoms with Crippen LogP contribution < -0.4 is 16.6 Å². The maximum Gasteiger partial charge on any atom is 0.148 e. The van der Waals surface area contributed by atoms with Crippen LogP contribution in [0.1, 0.15) is 50.9 Å². The summed E-state index contributed by atoms with van der Waals surface area (Å²) in [7, 11) is 0. The third-order valence-corrected chi connectivity index (χ3v) is 5.16. The number of hydrazine groups is 1. The van der Waals surface area contributed by atoms with Gasteiger partial charge in [0.2, 0.25) is 0 Å². The topological polar surface area (TPSA) is 75.9 Å². The number of nitrogens with one attached hydrogen (secondary N) is 2. The van der Waals surface area contributed by atoms with Crippen molar-refractivity contribution in [2.24, 2.45) is 5.84 Å². The molecule has 0 saturated heterocycles. The molecule has 1 heterocycles. The van der Waals surface area contributed by atoms with Crippen LogP contribution in [-0.2, 0) is 6.42 Å². The van der Waals surface area contributed by atoms with Crippen molar-refractivity contribution in [3.63, 3.8) is 0 Å². The minimum atomic E-state index is 0.516. The smallest absolute Gasteiger partial charge is 0.148 e. The largest absolute Gasteiger partial charge is 0.367 e. The van der Waals surface area contributed by atoms with Gasteiger partial charge in [-0.15, -0.1) is 0 Å². The van der Waals surface area contributed by atoms with E-state index in [1.54, 1.807) is 0 Å². The highest BCUT2D eigenvalue weighted by molar-refractivity contribution is 7.99. The van der Waals surface area contributed by atoms with Crippen LogP contribution in [0.2, 0.25) is 0 Å². The lowest BCUT2D eigenvalue weighted by Gasteiger charge is -2.18. The molecule has 0 spiro atoms. The first-order valence-corrected chi connectivity index (χ1v) is 8.95. The zero-order valence-corrected chi connectivity index (χ0v) is 14.1. The van der Waals surface area contributed by atoms with Gasteiger partial charge in [0.1, 0.15) is 17.5 Å². The van der Waals surface area contributed by atoms with Gasteiger partial charge in [0.05, 0.1) is 0 Å². The fourth-order valence-corrected chi connectivity index (χ4v) is 3.97. The third kappa shape index (κ3) is 4.23. The van der Waals surface area contributed by atoms with Crippen molar-refractivity contribution in [3.05, 3.63) is 11.4 Å². The Balaban J connectivity index is 2.10. The number of aromatic nitrogens is 2. The summed E-state index contributed by atoms with van der Waals surface area (Å²) in [5.74, 6) is 9.31. The molecule has 118 valence electrons. The van der Waals surface area contributed by atoms with Gasteiger partial charge in [0.25, 0.3) is 0 Å². The number of hydrogen-bond acceptors (Lipinski definition) is 6. The van der Waals surface area contributed by atoms with Crippen molar-refractivity contribution in [2.75, 3.05) is 16.5 Å². The molecule has 21 heavy (non-hydrogen) atoms. The molecule has 0 amide bonds. The van der Waals surface area contributed by atoms with E-state index in [1.165, 1.54) is 25.0 Å². The number of nitrogens with zero attached hydrogens (tertiary/aromatic N) is 2. The molecule has 1 saturated carbocycles. The Labute approximate surface area is 131 Å². The highest BCUT2D eigenvalue weighted by Crippen LogP contribution is 2.32. The first kappa shape index (κ1) is 16.4. The van der Waals surface area contributed by atoms with Gasteiger partial charge in [0, 0.05) is 23.3 Å². The second-order valence-corrected chi connectivity index (χ2v) is 7.17. The van der Waals surface area contributed by atoms with Gasteiger partial charge in [-0.1, -0.05) is 13.8 Å². The van der Waals surface area contributed by atoms with Crippen LogP contribution in [0.15, 0.2) is 0 Å². The number of thioether (sulfide) groups is 1. The molecular formula is C15H27N5S. The second-order valence-electron chi connectivity index (χ2n) is 5.59. The van der Waals surface area contributed by atoms with E-state index in [0.29, 0.717) is 6.04 Å². The average Bonchev–Trinajstić information content (AvgIpc) is 2.90. The van der Waals surface area contributed by atoms with E-state index in [9.17, 15) is 0 Å². The van der Waals surface area contributed by atoms with Gasteiger partial charge in [-0.25, -0.2) is 15.8 Å². The van der Waals surface area contributed by atoms with Crippen LogP contribution in [0.4, 0.5) is 11.6 Å². The van der Waals surface area contributed by atoms with E-state index in [0.717, 1.165) is 41.1 Å². The van der Waals surface area contributed by atoms with Gasteiger partial charge >= 0.3 is 0 Å². The van der Waals surface area contributed by atoms with Crippen molar-refractivity contribution in [1.82, 2.24) is 9.97 Å². The predicted molar refractivity (Wildman–Crippen MR) is 91.8 cm³/mol. The van der Waals surface area contributed by atoms with Crippen molar-refractivity contribution >= 4 is 23.4 Å². The lowest BCUT2D eigenvalue weighted by atomic mass is 10.2. The van der Waals surface area contributed by atoms with Crippen LogP contribution in [0.3, 0.4) is 0 Å². The molecule has 0 bridgehead atoms. The van der Waals surface area contributed by atoms with E-state index in [-0.39, 0.29) is 0 Å². The molecule has 2 unspecified atom stereocenters. The van der Waals surface area contributed by atoms with Gasteiger partial charge < -0.3 is 10.7 Å². The van der Waals surface area contributed by atoms with E-state index < -0.39 is 0 Å². The minimum absolute atomic E-state index is 0.516. The van der Waals surface area contributed by atoms with Gasteiger partial charge in [-0.05, 0) is 38.4 Å². The summed E-state index contributed by atoms with van der Waals surface area (Å²) < 4.78 is 0. The summed E-state index contributed by atoms with van der Waals surface area (Å²) >= 11 is 2.07. The van der Waals surface area contributed by atoms with E-state index >= 15 is 0 Å². The first-order chi connectivity index (χ1) is 10.2. The Bertz CT molecular complexity index is 466. The molecule has 0 aliphatic heterocycles. The lowest BCUT2D eigenvalue weighted by Crippen LogP contribution is -2.20. The number of hydrogen-bond donors (Lipinski definition) is 3. The van der Waals surface area contributed by atoms with Crippen molar-refractivity contribution in [2.45, 2.75) is 64.2 Å². The maximum atomic E-state index is 5.58. The highest BCUT2D eigenvalue weighted by Gasteiger charge is 2.25. The minimum Gasteiger partial charge on any atom is -0.367 e. The van der Waals surface area contributed by atoms with Crippen LogP contribution >= 0.6 is 11.8 Å². The summed E-state index contributed by atoms with van der Waals surface area (Å²) in [4.78, 5) is 9.15. The zero-order chi connectivity index (χ0) is 15.2. The fraction of sp³-hybridized carbons (Fsp3) is 0.733. The van der Waals surface area contributed by atoms with Crippen LogP contribution in [0.25, 0.3) is 0 Å². The SMILES string of the molecule is CCCc1nc(NN)c(C)c(NC2CCC(SCC)C2)n1. The number of anilines is 2. The molecule has 0 aromatic carbocycles. The number of nitrogen functional groups attached to an aromatic ring is 1. The Morgan fingerprint density at radius 1 is 1.24 bits per heavy atom. The molecule has 6 heteroatoms. The van der Waals surface area contributed by atoms with Crippen molar-refractivity contribution in [3.8, 4) is 0 Å². The van der Waals surface area contributed by atoms with Crippen LogP contribution in [0.5, 0.6) is 0 Å². The molecule has 5 nitrogen and oxygen atoms in total. The Morgan fingerprint density at radius 2 is 2.00 bits per heavy atom. The molecule has 1 aromatic heterocycles. The molecule has 2 rings (SSSR count). The quantitative estimate of drug-likeness (QED) is 0.531. The average molecular weight is 309 g/mol. The van der Waals surface area contributed by atoms with Crippen LogP contribution in [-0.4, -0.2) is 27.0 Å². The zero-order valence-electron chi connectivity index (χ0n) is 13.3. The fourth-order valence-electron chi connectivity index (χ4n) is 2.83. The summed E-state index contributed by atoms with van der Waals surface area (Å²) in [5, 5.41) is 4.40.